The quantitative estimate of drug-likeness (QED) is 0.451. The van der Waals surface area contributed by atoms with Gasteiger partial charge in [0.25, 0.3) is 0 Å². The average molecular weight is 497 g/mol. The Morgan fingerprint density at radius 3 is 2.61 bits per heavy atom. The van der Waals surface area contributed by atoms with Gasteiger partial charge in [0.2, 0.25) is 5.88 Å². The van der Waals surface area contributed by atoms with Gasteiger partial charge in [-0.3, -0.25) is 4.90 Å². The summed E-state index contributed by atoms with van der Waals surface area (Å²) in [6, 6.07) is 16.1. The fraction of sp³-hybridized carbons (Fsp3) is 0.333. The zero-order valence-electron chi connectivity index (χ0n) is 20.3. The first kappa shape index (κ1) is 25.5. The van der Waals surface area contributed by atoms with Gasteiger partial charge in [-0.05, 0) is 30.7 Å². The molecule has 4 rings (SSSR count). The van der Waals surface area contributed by atoms with E-state index in [2.05, 4.69) is 20.5 Å². The molecule has 36 heavy (non-hydrogen) atoms. The summed E-state index contributed by atoms with van der Waals surface area (Å²) in [6.45, 7) is 4.68. The van der Waals surface area contributed by atoms with Crippen molar-refractivity contribution in [1.82, 2.24) is 15.2 Å². The van der Waals surface area contributed by atoms with Crippen LogP contribution in [0.1, 0.15) is 18.4 Å². The van der Waals surface area contributed by atoms with Gasteiger partial charge in [-0.1, -0.05) is 36.4 Å². The number of anilines is 1. The maximum atomic E-state index is 14.0. The van der Waals surface area contributed by atoms with E-state index < -0.39 is 17.7 Å². The van der Waals surface area contributed by atoms with Crippen LogP contribution in [0.2, 0.25) is 0 Å². The molecule has 2 aromatic carbocycles. The molecule has 0 bridgehead atoms. The first-order valence-electron chi connectivity index (χ1n) is 11.9. The van der Waals surface area contributed by atoms with Crippen molar-refractivity contribution >= 4 is 11.7 Å². The molecule has 0 spiro atoms. The van der Waals surface area contributed by atoms with Gasteiger partial charge in [-0.2, -0.15) is 0 Å². The van der Waals surface area contributed by atoms with E-state index in [1.54, 1.807) is 25.3 Å². The van der Waals surface area contributed by atoms with Gasteiger partial charge >= 0.3 is 6.03 Å². The molecule has 1 aliphatic rings. The number of ether oxygens (including phenoxy) is 2. The molecule has 9 heteroatoms. The van der Waals surface area contributed by atoms with Crippen molar-refractivity contribution in [2.24, 2.45) is 0 Å². The molecule has 1 aromatic heterocycles. The summed E-state index contributed by atoms with van der Waals surface area (Å²) in [5.74, 6) is -1.55. The Balaban J connectivity index is 1.54. The van der Waals surface area contributed by atoms with Gasteiger partial charge in [0.15, 0.2) is 11.6 Å². The number of amides is 2. The van der Waals surface area contributed by atoms with Crippen LogP contribution in [0.4, 0.5) is 19.3 Å². The van der Waals surface area contributed by atoms with Gasteiger partial charge in [0, 0.05) is 44.3 Å². The van der Waals surface area contributed by atoms with Gasteiger partial charge in [-0.25, -0.2) is 18.6 Å². The van der Waals surface area contributed by atoms with Crippen LogP contribution in [0.15, 0.2) is 60.7 Å². The van der Waals surface area contributed by atoms with Gasteiger partial charge in [0.1, 0.15) is 0 Å². The number of benzene rings is 2. The first-order valence-corrected chi connectivity index (χ1v) is 11.9. The van der Waals surface area contributed by atoms with E-state index >= 15 is 0 Å². The molecular formula is C27H30F2N4O3. The number of halogens is 2. The predicted molar refractivity (Wildman–Crippen MR) is 134 cm³/mol. The van der Waals surface area contributed by atoms with Crippen LogP contribution in [-0.4, -0.2) is 61.9 Å². The first-order chi connectivity index (χ1) is 17.5. The number of nitrogens with one attached hydrogen (secondary N) is 2. The lowest BCUT2D eigenvalue weighted by atomic mass is 9.94. The maximum absolute atomic E-state index is 14.0. The monoisotopic (exact) mass is 496 g/mol. The molecule has 1 fully saturated rings. The fourth-order valence-electron chi connectivity index (χ4n) is 4.43. The lowest BCUT2D eigenvalue weighted by Crippen LogP contribution is -2.42. The summed E-state index contributed by atoms with van der Waals surface area (Å²) in [5, 5.41) is 5.94. The van der Waals surface area contributed by atoms with E-state index in [1.165, 1.54) is 6.07 Å². The predicted octanol–water partition coefficient (Wildman–Crippen LogP) is 4.66. The molecule has 190 valence electrons. The van der Waals surface area contributed by atoms with Crippen LogP contribution in [0, 0.1) is 11.6 Å². The minimum absolute atomic E-state index is 0.213. The fourth-order valence-corrected chi connectivity index (χ4v) is 4.43. The highest BCUT2D eigenvalue weighted by atomic mass is 19.2. The van der Waals surface area contributed by atoms with Crippen molar-refractivity contribution in [2.75, 3.05) is 45.3 Å². The summed E-state index contributed by atoms with van der Waals surface area (Å²) in [5.41, 5.74) is 2.58. The van der Waals surface area contributed by atoms with E-state index in [4.69, 9.17) is 9.47 Å². The Labute approximate surface area is 209 Å². The minimum atomic E-state index is -0.904. The molecule has 1 saturated heterocycles. The van der Waals surface area contributed by atoms with Crippen LogP contribution >= 0.6 is 0 Å². The molecule has 7 nitrogen and oxygen atoms in total. The number of hydrogen-bond donors (Lipinski definition) is 2. The third-order valence-electron chi connectivity index (χ3n) is 6.15. The summed E-state index contributed by atoms with van der Waals surface area (Å²) < 4.78 is 38.3. The summed E-state index contributed by atoms with van der Waals surface area (Å²) in [7, 11) is 1.63. The number of methoxy groups -OCH3 is 1. The van der Waals surface area contributed by atoms with Crippen LogP contribution < -0.4 is 15.4 Å². The smallest absolute Gasteiger partial charge is 0.319 e. The summed E-state index contributed by atoms with van der Waals surface area (Å²) in [6.07, 6.45) is 0. The molecule has 0 radical (unpaired) electrons. The highest BCUT2D eigenvalue weighted by Gasteiger charge is 2.35. The van der Waals surface area contributed by atoms with Gasteiger partial charge in [-0.15, -0.1) is 0 Å². The summed E-state index contributed by atoms with van der Waals surface area (Å²) >= 11 is 0. The van der Waals surface area contributed by atoms with E-state index in [1.807, 2.05) is 37.3 Å². The normalized spacial score (nSPS) is 17.7. The van der Waals surface area contributed by atoms with E-state index in [-0.39, 0.29) is 12.0 Å². The topological polar surface area (TPSA) is 75.7 Å². The Hall–Kier alpha value is -3.56. The Morgan fingerprint density at radius 2 is 1.89 bits per heavy atom. The largest absolute Gasteiger partial charge is 0.478 e. The molecule has 0 saturated carbocycles. The zero-order chi connectivity index (χ0) is 25.5. The number of rotatable bonds is 9. The third-order valence-corrected chi connectivity index (χ3v) is 6.15. The lowest BCUT2D eigenvalue weighted by molar-refractivity contribution is 0.159. The number of carbonyl (C=O) groups excluding carboxylic acids is 1. The van der Waals surface area contributed by atoms with Crippen LogP contribution in [0.3, 0.4) is 0 Å². The Bertz CT molecular complexity index is 1180. The number of carbonyl (C=O) groups is 1. The second-order valence-corrected chi connectivity index (χ2v) is 8.58. The van der Waals surface area contributed by atoms with E-state index in [9.17, 15) is 13.6 Å². The van der Waals surface area contributed by atoms with Crippen molar-refractivity contribution in [3.05, 3.63) is 77.9 Å². The second kappa shape index (κ2) is 11.9. The molecule has 0 aliphatic carbocycles. The van der Waals surface area contributed by atoms with Crippen molar-refractivity contribution in [3.63, 3.8) is 0 Å². The Morgan fingerprint density at radius 1 is 1.08 bits per heavy atom. The minimum Gasteiger partial charge on any atom is -0.478 e. The van der Waals surface area contributed by atoms with E-state index in [0.717, 1.165) is 11.6 Å². The highest BCUT2D eigenvalue weighted by Crippen LogP contribution is 2.30. The third kappa shape index (κ3) is 6.16. The molecular weight excluding hydrogens is 466 g/mol. The molecule has 2 N–H and O–H groups in total. The SMILES string of the molecule is CCOc1ccc(NC(=O)NC2CN(CCOC)CC2c2ccc(F)c(F)c2)c(-c2ccccc2)n1. The number of hydrogen-bond acceptors (Lipinski definition) is 5. The van der Waals surface area contributed by atoms with Gasteiger partial charge in [0.05, 0.1) is 30.6 Å². The second-order valence-electron chi connectivity index (χ2n) is 8.58. The molecule has 2 heterocycles. The maximum Gasteiger partial charge on any atom is 0.319 e. The van der Waals surface area contributed by atoms with Crippen LogP contribution in [0.25, 0.3) is 11.3 Å². The lowest BCUT2D eigenvalue weighted by Gasteiger charge is -2.21. The van der Waals surface area contributed by atoms with Crippen molar-refractivity contribution < 1.29 is 23.0 Å². The standard InChI is InChI=1S/C27H30F2N4O3/c1-3-36-25-12-11-23(26(32-25)18-7-5-4-6-8-18)30-27(34)31-24-17-33(13-14-35-2)16-20(24)19-9-10-21(28)22(29)15-19/h4-12,15,20,24H,3,13-14,16-17H2,1-2H3,(H2,30,31,34). The number of pyridine rings is 1. The number of nitrogens with zero attached hydrogens (tertiary/aromatic N) is 2. The average Bonchev–Trinajstić information content (AvgIpc) is 3.28. The Kier molecular flexibility index (Phi) is 8.45. The number of likely N-dealkylation sites (tertiary alicyclic amines) is 1. The molecule has 2 atom stereocenters. The molecule has 1 aliphatic heterocycles. The van der Waals surface area contributed by atoms with Crippen LogP contribution in [-0.2, 0) is 4.74 Å². The molecule has 3 aromatic rings. The van der Waals surface area contributed by atoms with Crippen molar-refractivity contribution in [2.45, 2.75) is 18.9 Å². The van der Waals surface area contributed by atoms with Crippen molar-refractivity contribution in [1.29, 1.82) is 0 Å². The molecule has 2 unspecified atom stereocenters. The van der Waals surface area contributed by atoms with E-state index in [0.29, 0.717) is 55.7 Å². The summed E-state index contributed by atoms with van der Waals surface area (Å²) in [4.78, 5) is 19.8. The van der Waals surface area contributed by atoms with Gasteiger partial charge < -0.3 is 20.1 Å². The number of urea groups is 1. The zero-order valence-corrected chi connectivity index (χ0v) is 20.3. The number of aromatic nitrogens is 1. The van der Waals surface area contributed by atoms with Crippen molar-refractivity contribution in [3.8, 4) is 17.1 Å². The highest BCUT2D eigenvalue weighted by molar-refractivity contribution is 5.93. The van der Waals surface area contributed by atoms with Crippen LogP contribution in [0.5, 0.6) is 5.88 Å². The molecule has 2 amide bonds.